The second kappa shape index (κ2) is 5.56. The summed E-state index contributed by atoms with van der Waals surface area (Å²) in [5, 5.41) is 0.769. The SMILES string of the molecule is C[Si](C)(C)c1cccnc1N(C(=O)C(F)(F)F)[Si](C)(C)C. The first-order chi connectivity index (χ1) is 9.26. The van der Waals surface area contributed by atoms with Crippen LogP contribution in [0, 0.1) is 0 Å². The fourth-order valence-corrected chi connectivity index (χ4v) is 5.11. The normalized spacial score (nSPS) is 13.2. The third-order valence-electron chi connectivity index (χ3n) is 2.92. The zero-order valence-electron chi connectivity index (χ0n) is 13.2. The largest absolute Gasteiger partial charge is 0.470 e. The fourth-order valence-electron chi connectivity index (χ4n) is 2.01. The lowest BCUT2D eigenvalue weighted by atomic mass is 10.4. The van der Waals surface area contributed by atoms with Gasteiger partial charge < -0.3 is 4.57 Å². The molecule has 1 aromatic rings. The number of nitrogens with zero attached hydrogens (tertiary/aromatic N) is 2. The van der Waals surface area contributed by atoms with Crippen LogP contribution in [0.25, 0.3) is 0 Å². The number of hydrogen-bond acceptors (Lipinski definition) is 2. The van der Waals surface area contributed by atoms with Crippen LogP contribution in [-0.2, 0) is 4.79 Å². The highest BCUT2D eigenvalue weighted by Gasteiger charge is 2.48. The van der Waals surface area contributed by atoms with Crippen molar-refractivity contribution in [2.24, 2.45) is 0 Å². The Morgan fingerprint density at radius 2 is 1.67 bits per heavy atom. The maximum absolute atomic E-state index is 13.0. The maximum atomic E-state index is 13.0. The maximum Gasteiger partial charge on any atom is 0.470 e. The number of aromatic nitrogens is 1. The first kappa shape index (κ1) is 17.9. The number of anilines is 1. The van der Waals surface area contributed by atoms with Crippen molar-refractivity contribution in [1.29, 1.82) is 0 Å². The molecule has 1 amide bonds. The second-order valence-electron chi connectivity index (χ2n) is 6.93. The fraction of sp³-hybridized carbons (Fsp3) is 0.538. The zero-order valence-corrected chi connectivity index (χ0v) is 15.2. The van der Waals surface area contributed by atoms with Crippen LogP contribution in [0.5, 0.6) is 0 Å². The molecule has 1 aromatic heterocycles. The molecular weight excluding hydrogens is 313 g/mol. The highest BCUT2D eigenvalue weighted by molar-refractivity contribution is 6.91. The summed E-state index contributed by atoms with van der Waals surface area (Å²) in [6.45, 7) is 11.2. The Morgan fingerprint density at radius 1 is 1.14 bits per heavy atom. The van der Waals surface area contributed by atoms with E-state index >= 15 is 0 Å². The summed E-state index contributed by atoms with van der Waals surface area (Å²) in [5.74, 6) is -1.64. The molecule has 0 radical (unpaired) electrons. The molecule has 0 saturated carbocycles. The van der Waals surface area contributed by atoms with E-state index < -0.39 is 28.4 Å². The topological polar surface area (TPSA) is 33.2 Å². The van der Waals surface area contributed by atoms with Crippen LogP contribution >= 0.6 is 0 Å². The van der Waals surface area contributed by atoms with Crippen molar-refractivity contribution in [3.63, 3.8) is 0 Å². The predicted molar refractivity (Wildman–Crippen MR) is 84.1 cm³/mol. The molecule has 0 N–H and O–H groups in total. The number of pyridine rings is 1. The van der Waals surface area contributed by atoms with Gasteiger partial charge in [0.05, 0.1) is 8.07 Å². The van der Waals surface area contributed by atoms with Crippen LogP contribution in [0.1, 0.15) is 0 Å². The minimum absolute atomic E-state index is 0.179. The van der Waals surface area contributed by atoms with Crippen LogP contribution in [-0.4, -0.2) is 33.4 Å². The average Bonchev–Trinajstić information content (AvgIpc) is 2.25. The van der Waals surface area contributed by atoms with Gasteiger partial charge in [0, 0.05) is 6.20 Å². The van der Waals surface area contributed by atoms with Gasteiger partial charge in [0.15, 0.2) is 8.24 Å². The quantitative estimate of drug-likeness (QED) is 0.794. The van der Waals surface area contributed by atoms with E-state index in [2.05, 4.69) is 4.98 Å². The Balaban J connectivity index is 3.54. The molecule has 3 nitrogen and oxygen atoms in total. The molecular formula is C13H21F3N2OSi2. The molecule has 0 aliphatic rings. The van der Waals surface area contributed by atoms with Crippen LogP contribution in [0.15, 0.2) is 18.3 Å². The average molecular weight is 334 g/mol. The highest BCUT2D eigenvalue weighted by atomic mass is 28.3. The van der Waals surface area contributed by atoms with Crippen molar-refractivity contribution in [1.82, 2.24) is 4.98 Å². The van der Waals surface area contributed by atoms with E-state index in [1.807, 2.05) is 19.6 Å². The van der Waals surface area contributed by atoms with Crippen molar-refractivity contribution in [2.75, 3.05) is 4.57 Å². The molecule has 0 aliphatic carbocycles. The first-order valence-corrected chi connectivity index (χ1v) is 13.6. The minimum Gasteiger partial charge on any atom is -0.318 e. The molecule has 0 aromatic carbocycles. The highest BCUT2D eigenvalue weighted by Crippen LogP contribution is 2.27. The van der Waals surface area contributed by atoms with Crippen LogP contribution in [0.2, 0.25) is 39.3 Å². The summed E-state index contributed by atoms with van der Waals surface area (Å²) < 4.78 is 39.8. The van der Waals surface area contributed by atoms with E-state index in [0.717, 1.165) is 9.75 Å². The molecule has 8 heteroatoms. The molecule has 118 valence electrons. The number of hydrogen-bond donors (Lipinski definition) is 0. The lowest BCUT2D eigenvalue weighted by molar-refractivity contribution is -0.169. The summed E-state index contributed by atoms with van der Waals surface area (Å²) in [7, 11) is -4.51. The Morgan fingerprint density at radius 3 is 2.05 bits per heavy atom. The lowest BCUT2D eigenvalue weighted by Crippen LogP contribution is -2.58. The number of halogens is 3. The number of amides is 1. The van der Waals surface area contributed by atoms with Crippen molar-refractivity contribution in [3.8, 4) is 0 Å². The van der Waals surface area contributed by atoms with Crippen LogP contribution in [0.3, 0.4) is 0 Å². The van der Waals surface area contributed by atoms with E-state index in [4.69, 9.17) is 0 Å². The van der Waals surface area contributed by atoms with Crippen molar-refractivity contribution in [2.45, 2.75) is 45.5 Å². The van der Waals surface area contributed by atoms with E-state index in [1.165, 1.54) is 6.20 Å². The van der Waals surface area contributed by atoms with E-state index in [1.54, 1.807) is 31.8 Å². The van der Waals surface area contributed by atoms with E-state index in [-0.39, 0.29) is 5.82 Å². The molecule has 0 fully saturated rings. The van der Waals surface area contributed by atoms with Gasteiger partial charge in [0.1, 0.15) is 5.82 Å². The van der Waals surface area contributed by atoms with Crippen molar-refractivity contribution in [3.05, 3.63) is 18.3 Å². The molecule has 0 aliphatic heterocycles. The molecule has 0 spiro atoms. The van der Waals surface area contributed by atoms with Gasteiger partial charge in [-0.25, -0.2) is 4.98 Å². The zero-order chi connectivity index (χ0) is 16.6. The summed E-state index contributed by atoms with van der Waals surface area (Å²) in [6.07, 6.45) is -3.45. The molecule has 21 heavy (non-hydrogen) atoms. The minimum atomic E-state index is -4.89. The summed E-state index contributed by atoms with van der Waals surface area (Å²) in [4.78, 5) is 16.0. The number of carbonyl (C=O) groups is 1. The third-order valence-corrected chi connectivity index (χ3v) is 6.69. The summed E-state index contributed by atoms with van der Waals surface area (Å²) in [5.41, 5.74) is 0. The molecule has 0 atom stereocenters. The van der Waals surface area contributed by atoms with Crippen molar-refractivity contribution >= 4 is 33.2 Å². The molecule has 0 bridgehead atoms. The van der Waals surface area contributed by atoms with Gasteiger partial charge in [0.2, 0.25) is 0 Å². The summed E-state index contributed by atoms with van der Waals surface area (Å²) in [6, 6.07) is 3.49. The first-order valence-electron chi connectivity index (χ1n) is 6.63. The van der Waals surface area contributed by atoms with Gasteiger partial charge in [-0.05, 0) is 11.3 Å². The Bertz CT molecular complexity index is 533. The molecule has 1 heterocycles. The Labute approximate surface area is 125 Å². The van der Waals surface area contributed by atoms with Gasteiger partial charge in [-0.3, -0.25) is 4.79 Å². The standard InChI is InChI=1S/C13H21F3N2OSi2/c1-20(2,3)10-8-7-9-17-11(10)18(21(4,5)6)12(19)13(14,15)16/h7-9H,1-6H3. The van der Waals surface area contributed by atoms with E-state index in [9.17, 15) is 18.0 Å². The molecule has 0 unspecified atom stereocenters. The van der Waals surface area contributed by atoms with Gasteiger partial charge in [-0.15, -0.1) is 0 Å². The lowest BCUT2D eigenvalue weighted by Gasteiger charge is -2.36. The number of alkyl halides is 3. The van der Waals surface area contributed by atoms with Crippen molar-refractivity contribution < 1.29 is 18.0 Å². The van der Waals surface area contributed by atoms with Crippen LogP contribution in [0.4, 0.5) is 19.0 Å². The smallest absolute Gasteiger partial charge is 0.318 e. The van der Waals surface area contributed by atoms with Gasteiger partial charge in [-0.1, -0.05) is 45.3 Å². The predicted octanol–water partition coefficient (Wildman–Crippen LogP) is 3.36. The van der Waals surface area contributed by atoms with Crippen LogP contribution < -0.4 is 9.75 Å². The van der Waals surface area contributed by atoms with E-state index in [0.29, 0.717) is 0 Å². The monoisotopic (exact) mass is 334 g/mol. The Hall–Kier alpha value is -1.16. The van der Waals surface area contributed by atoms with Gasteiger partial charge >= 0.3 is 12.1 Å². The molecule has 0 saturated heterocycles. The third kappa shape index (κ3) is 4.16. The van der Waals surface area contributed by atoms with Gasteiger partial charge in [-0.2, -0.15) is 13.2 Å². The Kier molecular flexibility index (Phi) is 4.74. The number of rotatable bonds is 3. The summed E-state index contributed by atoms with van der Waals surface area (Å²) >= 11 is 0. The second-order valence-corrected chi connectivity index (χ2v) is 16.8. The number of carbonyl (C=O) groups excluding carboxylic acids is 1. The van der Waals surface area contributed by atoms with Gasteiger partial charge in [0.25, 0.3) is 0 Å². The molecule has 1 rings (SSSR count).